The van der Waals surface area contributed by atoms with Crippen LogP contribution in [-0.4, -0.2) is 53.0 Å². The van der Waals surface area contributed by atoms with Gasteiger partial charge in [0.1, 0.15) is 5.82 Å². The average molecular weight is 279 g/mol. The number of thioether (sulfide) groups is 1. The van der Waals surface area contributed by atoms with E-state index in [4.69, 9.17) is 0 Å². The smallest absolute Gasteiger partial charge is 0.245 e. The molecule has 2 heterocycles. The fraction of sp³-hybridized carbons (Fsp3) is 0.571. The molecule has 5 heteroatoms. The van der Waals surface area contributed by atoms with Gasteiger partial charge in [-0.25, -0.2) is 4.98 Å². The maximum absolute atomic E-state index is 12.6. The Morgan fingerprint density at radius 1 is 1.47 bits per heavy atom. The van der Waals surface area contributed by atoms with E-state index in [0.717, 1.165) is 30.4 Å². The lowest BCUT2D eigenvalue weighted by Crippen LogP contribution is -2.50. The topological polar surface area (TPSA) is 36.4 Å². The molecule has 1 saturated heterocycles. The molecule has 1 aromatic heterocycles. The molecule has 0 radical (unpaired) electrons. The molecule has 4 nitrogen and oxygen atoms in total. The molecule has 0 N–H and O–H groups in total. The third-order valence-electron chi connectivity index (χ3n) is 3.46. The standard InChI is InChI=1S/C14H21N3OS/c1-3-17(13-6-4-5-7-15-13)14(18)12(2)16-8-10-19-11-9-16/h4-7,12H,3,8-11H2,1-2H3. The Kier molecular flexibility index (Phi) is 5.22. The molecule has 0 bridgehead atoms. The van der Waals surface area contributed by atoms with Crippen LogP contribution in [0.3, 0.4) is 0 Å². The van der Waals surface area contributed by atoms with Crippen LogP contribution in [0, 0.1) is 0 Å². The van der Waals surface area contributed by atoms with Gasteiger partial charge in [-0.15, -0.1) is 0 Å². The van der Waals surface area contributed by atoms with Crippen molar-refractivity contribution in [3.8, 4) is 0 Å². The number of pyridine rings is 1. The van der Waals surface area contributed by atoms with Crippen LogP contribution >= 0.6 is 11.8 Å². The van der Waals surface area contributed by atoms with Crippen molar-refractivity contribution < 1.29 is 4.79 Å². The molecule has 1 fully saturated rings. The van der Waals surface area contributed by atoms with Crippen LogP contribution in [-0.2, 0) is 4.79 Å². The molecular weight excluding hydrogens is 258 g/mol. The predicted octanol–water partition coefficient (Wildman–Crippen LogP) is 1.87. The second kappa shape index (κ2) is 6.91. The summed E-state index contributed by atoms with van der Waals surface area (Å²) in [6.45, 7) is 6.65. The third kappa shape index (κ3) is 3.48. The molecule has 0 saturated carbocycles. The fourth-order valence-corrected chi connectivity index (χ4v) is 3.22. The number of anilines is 1. The summed E-state index contributed by atoms with van der Waals surface area (Å²) in [6, 6.07) is 5.61. The van der Waals surface area contributed by atoms with Gasteiger partial charge in [0, 0.05) is 37.3 Å². The molecule has 1 aliphatic rings. The highest BCUT2D eigenvalue weighted by Crippen LogP contribution is 2.16. The number of hydrogen-bond donors (Lipinski definition) is 0. The van der Waals surface area contributed by atoms with Crippen LogP contribution in [0.4, 0.5) is 5.82 Å². The molecule has 104 valence electrons. The van der Waals surface area contributed by atoms with Crippen LogP contribution < -0.4 is 4.90 Å². The quantitative estimate of drug-likeness (QED) is 0.843. The van der Waals surface area contributed by atoms with Crippen molar-refractivity contribution in [3.63, 3.8) is 0 Å². The average Bonchev–Trinajstić information content (AvgIpc) is 2.49. The molecule has 0 aromatic carbocycles. The third-order valence-corrected chi connectivity index (χ3v) is 4.40. The second-order valence-electron chi connectivity index (χ2n) is 4.59. The van der Waals surface area contributed by atoms with Gasteiger partial charge in [-0.2, -0.15) is 11.8 Å². The van der Waals surface area contributed by atoms with Gasteiger partial charge in [0.25, 0.3) is 0 Å². The van der Waals surface area contributed by atoms with Crippen LogP contribution in [0.1, 0.15) is 13.8 Å². The largest absolute Gasteiger partial charge is 0.296 e. The van der Waals surface area contributed by atoms with Crippen molar-refractivity contribution in [2.75, 3.05) is 36.0 Å². The molecule has 1 aliphatic heterocycles. The Balaban J connectivity index is 2.07. The summed E-state index contributed by atoms with van der Waals surface area (Å²) in [7, 11) is 0. The summed E-state index contributed by atoms with van der Waals surface area (Å²) in [5, 5.41) is 0. The molecule has 1 atom stereocenters. The van der Waals surface area contributed by atoms with Gasteiger partial charge in [-0.3, -0.25) is 14.6 Å². The zero-order valence-corrected chi connectivity index (χ0v) is 12.4. The first kappa shape index (κ1) is 14.3. The lowest BCUT2D eigenvalue weighted by atomic mass is 10.2. The van der Waals surface area contributed by atoms with E-state index in [-0.39, 0.29) is 11.9 Å². The Labute approximate surface area is 119 Å². The SMILES string of the molecule is CCN(C(=O)C(C)N1CCSCC1)c1ccccn1. The molecule has 1 unspecified atom stereocenters. The highest BCUT2D eigenvalue weighted by Gasteiger charge is 2.27. The van der Waals surface area contributed by atoms with Crippen molar-refractivity contribution in [3.05, 3.63) is 24.4 Å². The Morgan fingerprint density at radius 3 is 2.79 bits per heavy atom. The van der Waals surface area contributed by atoms with E-state index in [1.165, 1.54) is 0 Å². The van der Waals surface area contributed by atoms with E-state index in [9.17, 15) is 4.79 Å². The maximum atomic E-state index is 12.6. The number of likely N-dealkylation sites (N-methyl/N-ethyl adjacent to an activating group) is 1. The first-order valence-electron chi connectivity index (χ1n) is 6.78. The maximum Gasteiger partial charge on any atom is 0.245 e. The monoisotopic (exact) mass is 279 g/mol. The van der Waals surface area contributed by atoms with E-state index >= 15 is 0 Å². The Bertz CT molecular complexity index is 406. The van der Waals surface area contributed by atoms with E-state index in [1.807, 2.05) is 43.8 Å². The van der Waals surface area contributed by atoms with Crippen molar-refractivity contribution in [1.29, 1.82) is 0 Å². The van der Waals surface area contributed by atoms with E-state index in [1.54, 1.807) is 11.1 Å². The Morgan fingerprint density at radius 2 is 2.21 bits per heavy atom. The summed E-state index contributed by atoms with van der Waals surface area (Å²) in [4.78, 5) is 20.9. The molecular formula is C14H21N3OS. The minimum atomic E-state index is -0.0668. The van der Waals surface area contributed by atoms with E-state index < -0.39 is 0 Å². The summed E-state index contributed by atoms with van der Waals surface area (Å²) < 4.78 is 0. The zero-order valence-electron chi connectivity index (χ0n) is 11.6. The number of aromatic nitrogens is 1. The zero-order chi connectivity index (χ0) is 13.7. The fourth-order valence-electron chi connectivity index (χ4n) is 2.29. The first-order valence-corrected chi connectivity index (χ1v) is 7.93. The predicted molar refractivity (Wildman–Crippen MR) is 80.6 cm³/mol. The lowest BCUT2D eigenvalue weighted by Gasteiger charge is -2.34. The second-order valence-corrected chi connectivity index (χ2v) is 5.82. The minimum absolute atomic E-state index is 0.0668. The van der Waals surface area contributed by atoms with E-state index in [0.29, 0.717) is 6.54 Å². The summed E-state index contributed by atoms with van der Waals surface area (Å²) in [5.74, 6) is 3.13. The summed E-state index contributed by atoms with van der Waals surface area (Å²) in [6.07, 6.45) is 1.73. The molecule has 1 amide bonds. The van der Waals surface area contributed by atoms with Crippen molar-refractivity contribution in [2.24, 2.45) is 0 Å². The first-order chi connectivity index (χ1) is 9.24. The number of rotatable bonds is 4. The molecule has 1 aromatic rings. The number of hydrogen-bond acceptors (Lipinski definition) is 4. The van der Waals surface area contributed by atoms with Crippen molar-refractivity contribution >= 4 is 23.5 Å². The van der Waals surface area contributed by atoms with Crippen molar-refractivity contribution in [1.82, 2.24) is 9.88 Å². The van der Waals surface area contributed by atoms with Crippen LogP contribution in [0.15, 0.2) is 24.4 Å². The molecule has 19 heavy (non-hydrogen) atoms. The van der Waals surface area contributed by atoms with Gasteiger partial charge in [0.2, 0.25) is 5.91 Å². The molecule has 2 rings (SSSR count). The van der Waals surface area contributed by atoms with E-state index in [2.05, 4.69) is 9.88 Å². The van der Waals surface area contributed by atoms with Crippen LogP contribution in [0.25, 0.3) is 0 Å². The summed E-state index contributed by atoms with van der Waals surface area (Å²) in [5.41, 5.74) is 0. The van der Waals surface area contributed by atoms with Gasteiger partial charge in [-0.05, 0) is 26.0 Å². The van der Waals surface area contributed by atoms with Gasteiger partial charge in [-0.1, -0.05) is 6.07 Å². The highest BCUT2D eigenvalue weighted by molar-refractivity contribution is 7.99. The number of amides is 1. The van der Waals surface area contributed by atoms with Crippen molar-refractivity contribution in [2.45, 2.75) is 19.9 Å². The normalized spacial score (nSPS) is 18.0. The number of carbonyl (C=O) groups excluding carboxylic acids is 1. The Hall–Kier alpha value is -1.07. The molecule has 0 aliphatic carbocycles. The number of nitrogens with zero attached hydrogens (tertiary/aromatic N) is 3. The highest BCUT2D eigenvalue weighted by atomic mass is 32.2. The van der Waals surface area contributed by atoms with Gasteiger partial charge in [0.05, 0.1) is 6.04 Å². The van der Waals surface area contributed by atoms with Gasteiger partial charge >= 0.3 is 0 Å². The minimum Gasteiger partial charge on any atom is -0.296 e. The van der Waals surface area contributed by atoms with Gasteiger partial charge in [0.15, 0.2) is 0 Å². The summed E-state index contributed by atoms with van der Waals surface area (Å²) >= 11 is 1.96. The number of carbonyl (C=O) groups is 1. The molecule has 0 spiro atoms. The van der Waals surface area contributed by atoms with Gasteiger partial charge < -0.3 is 0 Å². The lowest BCUT2D eigenvalue weighted by molar-refractivity contribution is -0.123. The van der Waals surface area contributed by atoms with Crippen LogP contribution in [0.5, 0.6) is 0 Å². The van der Waals surface area contributed by atoms with Crippen LogP contribution in [0.2, 0.25) is 0 Å².